The lowest BCUT2D eigenvalue weighted by molar-refractivity contribution is -0.116. The van der Waals surface area contributed by atoms with E-state index in [4.69, 9.17) is 9.47 Å². The number of halogens is 1. The fourth-order valence-corrected chi connectivity index (χ4v) is 4.29. The Labute approximate surface area is 201 Å². The molecule has 2 aromatic rings. The van der Waals surface area contributed by atoms with Gasteiger partial charge in [0.25, 0.3) is 0 Å². The number of fused-ring (bicyclic) bond motifs is 1. The van der Waals surface area contributed by atoms with Crippen molar-refractivity contribution in [3.63, 3.8) is 0 Å². The first-order valence-corrected chi connectivity index (χ1v) is 11.3. The predicted octanol–water partition coefficient (Wildman–Crippen LogP) is 3.76. The van der Waals surface area contributed by atoms with Gasteiger partial charge in [-0.15, -0.1) is 12.4 Å². The zero-order valence-electron chi connectivity index (χ0n) is 19.0. The number of nitrogens with one attached hydrogen (secondary N) is 1. The third-order valence-electron chi connectivity index (χ3n) is 6.14. The van der Waals surface area contributed by atoms with Crippen molar-refractivity contribution in [3.8, 4) is 5.75 Å². The molecule has 8 heteroatoms. The summed E-state index contributed by atoms with van der Waals surface area (Å²) >= 11 is 0. The standard InChI is InChI=1S/C25H31N3O4.ClH/c1-31-23-7-3-2-6-22(23)28-15-13-27(14-16-28)12-4-5-17-32-25(30)20-9-8-19-10-11-24(29)26-21(19)18-20;/h2-3,6-9,18H,4-5,10-17H2,1H3,(H,26,29);1H. The number of amides is 1. The number of para-hydroxylation sites is 2. The molecule has 33 heavy (non-hydrogen) atoms. The van der Waals surface area contributed by atoms with Crippen LogP contribution in [-0.2, 0) is 16.0 Å². The minimum atomic E-state index is -0.335. The van der Waals surface area contributed by atoms with Crippen molar-refractivity contribution in [2.45, 2.75) is 25.7 Å². The smallest absolute Gasteiger partial charge is 0.338 e. The van der Waals surface area contributed by atoms with Gasteiger partial charge in [-0.2, -0.15) is 0 Å². The van der Waals surface area contributed by atoms with Gasteiger partial charge in [-0.1, -0.05) is 18.2 Å². The number of hydrogen-bond donors (Lipinski definition) is 1. The zero-order valence-corrected chi connectivity index (χ0v) is 19.9. The third kappa shape index (κ3) is 6.39. The average Bonchev–Trinajstić information content (AvgIpc) is 2.83. The van der Waals surface area contributed by atoms with E-state index in [0.717, 1.165) is 68.3 Å². The molecule has 0 atom stereocenters. The van der Waals surface area contributed by atoms with Crippen LogP contribution in [0.4, 0.5) is 11.4 Å². The normalized spacial score (nSPS) is 15.8. The highest BCUT2D eigenvalue weighted by molar-refractivity contribution is 5.97. The van der Waals surface area contributed by atoms with Gasteiger partial charge in [-0.05, 0) is 55.6 Å². The molecule has 0 aromatic heterocycles. The van der Waals surface area contributed by atoms with Gasteiger partial charge < -0.3 is 19.7 Å². The van der Waals surface area contributed by atoms with Gasteiger partial charge in [0.1, 0.15) is 5.75 Å². The van der Waals surface area contributed by atoms with Crippen molar-refractivity contribution in [1.82, 2.24) is 4.90 Å². The van der Waals surface area contributed by atoms with Gasteiger partial charge >= 0.3 is 5.97 Å². The van der Waals surface area contributed by atoms with Gasteiger partial charge in [-0.25, -0.2) is 4.79 Å². The molecule has 2 aliphatic heterocycles. The fraction of sp³-hybridized carbons (Fsp3) is 0.440. The lowest BCUT2D eigenvalue weighted by Crippen LogP contribution is -2.46. The molecule has 1 N–H and O–H groups in total. The molecule has 0 spiro atoms. The second-order valence-electron chi connectivity index (χ2n) is 8.26. The molecular weight excluding hydrogens is 442 g/mol. The van der Waals surface area contributed by atoms with E-state index in [2.05, 4.69) is 21.2 Å². The van der Waals surface area contributed by atoms with Gasteiger partial charge in [0.15, 0.2) is 0 Å². The molecule has 1 amide bonds. The van der Waals surface area contributed by atoms with Crippen LogP contribution in [0, 0.1) is 0 Å². The van der Waals surface area contributed by atoms with Crippen molar-refractivity contribution >= 4 is 35.7 Å². The number of carbonyl (C=O) groups is 2. The summed E-state index contributed by atoms with van der Waals surface area (Å²) in [6, 6.07) is 13.6. The van der Waals surface area contributed by atoms with E-state index in [1.54, 1.807) is 19.2 Å². The number of unbranched alkanes of at least 4 members (excludes halogenated alkanes) is 1. The molecule has 1 saturated heterocycles. The summed E-state index contributed by atoms with van der Waals surface area (Å²) in [5, 5.41) is 2.83. The summed E-state index contributed by atoms with van der Waals surface area (Å²) in [6.45, 7) is 5.39. The summed E-state index contributed by atoms with van der Waals surface area (Å²) in [4.78, 5) is 28.7. The monoisotopic (exact) mass is 473 g/mol. The van der Waals surface area contributed by atoms with Crippen LogP contribution in [0.15, 0.2) is 42.5 Å². The van der Waals surface area contributed by atoms with E-state index in [-0.39, 0.29) is 24.3 Å². The van der Waals surface area contributed by atoms with Crippen LogP contribution in [0.3, 0.4) is 0 Å². The minimum Gasteiger partial charge on any atom is -0.495 e. The van der Waals surface area contributed by atoms with Crippen molar-refractivity contribution in [1.29, 1.82) is 0 Å². The largest absolute Gasteiger partial charge is 0.495 e. The summed E-state index contributed by atoms with van der Waals surface area (Å²) in [5.41, 5.74) is 3.43. The van der Waals surface area contributed by atoms with Crippen LogP contribution in [0.5, 0.6) is 5.75 Å². The van der Waals surface area contributed by atoms with E-state index in [0.29, 0.717) is 25.0 Å². The molecule has 0 unspecified atom stereocenters. The predicted molar refractivity (Wildman–Crippen MR) is 132 cm³/mol. The molecule has 2 aliphatic rings. The number of methoxy groups -OCH3 is 1. The van der Waals surface area contributed by atoms with Crippen LogP contribution in [0.25, 0.3) is 0 Å². The second-order valence-corrected chi connectivity index (χ2v) is 8.26. The number of aryl methyl sites for hydroxylation is 1. The number of esters is 1. The Morgan fingerprint density at radius 1 is 1.03 bits per heavy atom. The number of carbonyl (C=O) groups excluding carboxylic acids is 2. The van der Waals surface area contributed by atoms with Crippen LogP contribution in [-0.4, -0.2) is 63.2 Å². The number of nitrogens with zero attached hydrogens (tertiary/aromatic N) is 2. The Bertz CT molecular complexity index is 960. The first-order valence-electron chi connectivity index (χ1n) is 11.3. The van der Waals surface area contributed by atoms with E-state index >= 15 is 0 Å². The van der Waals surface area contributed by atoms with Crippen LogP contribution in [0.1, 0.15) is 35.2 Å². The van der Waals surface area contributed by atoms with E-state index in [1.807, 2.05) is 24.3 Å². The Hall–Kier alpha value is -2.77. The van der Waals surface area contributed by atoms with Gasteiger partial charge in [0.2, 0.25) is 5.91 Å². The second kappa shape index (κ2) is 11.9. The number of piperazine rings is 1. The quantitative estimate of drug-likeness (QED) is 0.465. The van der Waals surface area contributed by atoms with Crippen molar-refractivity contribution in [2.75, 3.05) is 56.7 Å². The maximum absolute atomic E-state index is 12.3. The summed E-state index contributed by atoms with van der Waals surface area (Å²) < 4.78 is 10.9. The number of rotatable bonds is 8. The zero-order chi connectivity index (χ0) is 22.3. The molecule has 178 valence electrons. The molecule has 2 aromatic carbocycles. The summed E-state index contributed by atoms with van der Waals surface area (Å²) in [5.74, 6) is 0.578. The topological polar surface area (TPSA) is 71.1 Å². The first-order chi connectivity index (χ1) is 15.6. The van der Waals surface area contributed by atoms with Gasteiger partial charge in [0.05, 0.1) is 25.0 Å². The van der Waals surface area contributed by atoms with Crippen LogP contribution in [0.2, 0.25) is 0 Å². The molecule has 0 radical (unpaired) electrons. The van der Waals surface area contributed by atoms with Gasteiger partial charge in [0, 0.05) is 38.3 Å². The Morgan fingerprint density at radius 3 is 2.61 bits per heavy atom. The van der Waals surface area contributed by atoms with E-state index < -0.39 is 0 Å². The Morgan fingerprint density at radius 2 is 1.82 bits per heavy atom. The Balaban J connectivity index is 0.00000306. The van der Waals surface area contributed by atoms with E-state index in [9.17, 15) is 9.59 Å². The summed E-state index contributed by atoms with van der Waals surface area (Å²) in [7, 11) is 1.71. The van der Waals surface area contributed by atoms with Crippen molar-refractivity contribution in [2.24, 2.45) is 0 Å². The maximum atomic E-state index is 12.3. The van der Waals surface area contributed by atoms with E-state index in [1.165, 1.54) is 0 Å². The van der Waals surface area contributed by atoms with Crippen molar-refractivity contribution < 1.29 is 19.1 Å². The number of hydrogen-bond acceptors (Lipinski definition) is 6. The maximum Gasteiger partial charge on any atom is 0.338 e. The fourth-order valence-electron chi connectivity index (χ4n) is 4.29. The molecule has 1 fully saturated rings. The number of benzene rings is 2. The molecule has 2 heterocycles. The molecular formula is C25H32ClN3O4. The molecule has 0 bridgehead atoms. The Kier molecular flexibility index (Phi) is 8.97. The molecule has 4 rings (SSSR count). The molecule has 7 nitrogen and oxygen atoms in total. The molecule has 0 saturated carbocycles. The van der Waals surface area contributed by atoms with Gasteiger partial charge in [-0.3, -0.25) is 9.69 Å². The minimum absolute atomic E-state index is 0. The van der Waals surface area contributed by atoms with Crippen LogP contribution >= 0.6 is 12.4 Å². The van der Waals surface area contributed by atoms with Crippen LogP contribution < -0.4 is 15.0 Å². The SMILES string of the molecule is COc1ccccc1N1CCN(CCCCOC(=O)c2ccc3c(c2)NC(=O)CC3)CC1.Cl. The first kappa shape index (κ1) is 24.9. The summed E-state index contributed by atoms with van der Waals surface area (Å²) in [6.07, 6.45) is 3.03. The third-order valence-corrected chi connectivity index (χ3v) is 6.14. The molecule has 0 aliphatic carbocycles. The highest BCUT2D eigenvalue weighted by Crippen LogP contribution is 2.28. The highest BCUT2D eigenvalue weighted by atomic mass is 35.5. The highest BCUT2D eigenvalue weighted by Gasteiger charge is 2.20. The lowest BCUT2D eigenvalue weighted by Gasteiger charge is -2.36. The number of anilines is 2. The average molecular weight is 474 g/mol. The number of ether oxygens (including phenoxy) is 2. The van der Waals surface area contributed by atoms with Crippen molar-refractivity contribution in [3.05, 3.63) is 53.6 Å². The lowest BCUT2D eigenvalue weighted by atomic mass is 10.0.